The predicted octanol–water partition coefficient (Wildman–Crippen LogP) is 0.772. The van der Waals surface area contributed by atoms with E-state index in [2.05, 4.69) is 5.32 Å². The van der Waals surface area contributed by atoms with Crippen LogP contribution in [0.15, 0.2) is 24.3 Å². The van der Waals surface area contributed by atoms with Crippen molar-refractivity contribution in [2.75, 3.05) is 51.0 Å². The van der Waals surface area contributed by atoms with Crippen LogP contribution in [0.3, 0.4) is 0 Å². The molecule has 1 aromatic carbocycles. The molecule has 0 atom stereocenters. The highest BCUT2D eigenvalue weighted by atomic mass is 16.2. The Balaban J connectivity index is 1.99. The van der Waals surface area contributed by atoms with E-state index in [0.717, 1.165) is 12.1 Å². The second-order valence-electron chi connectivity index (χ2n) is 6.17. The van der Waals surface area contributed by atoms with Crippen molar-refractivity contribution < 1.29 is 14.4 Å². The molecule has 1 heterocycles. The van der Waals surface area contributed by atoms with Gasteiger partial charge in [0.1, 0.15) is 0 Å². The van der Waals surface area contributed by atoms with E-state index < -0.39 is 0 Å². The Bertz CT molecular complexity index is 630. The van der Waals surface area contributed by atoms with Gasteiger partial charge in [-0.25, -0.2) is 0 Å². The van der Waals surface area contributed by atoms with Crippen LogP contribution in [-0.4, -0.2) is 68.3 Å². The zero-order chi connectivity index (χ0) is 17.7. The van der Waals surface area contributed by atoms with Crippen molar-refractivity contribution >= 4 is 29.1 Å². The molecule has 0 aromatic heterocycles. The fourth-order valence-corrected chi connectivity index (χ4v) is 2.58. The zero-order valence-electron chi connectivity index (χ0n) is 14.4. The summed E-state index contributed by atoms with van der Waals surface area (Å²) in [7, 11) is 5.08. The monoisotopic (exact) mass is 332 g/mol. The number of nitrogens with one attached hydrogen (secondary N) is 1. The van der Waals surface area contributed by atoms with Crippen molar-refractivity contribution in [2.24, 2.45) is 0 Å². The number of likely N-dealkylation sites (N-methyl/N-ethyl adjacent to an activating group) is 2. The topological polar surface area (TPSA) is 73.0 Å². The lowest BCUT2D eigenvalue weighted by atomic mass is 10.2. The van der Waals surface area contributed by atoms with E-state index in [1.165, 1.54) is 4.90 Å². The Morgan fingerprint density at radius 1 is 1.17 bits per heavy atom. The summed E-state index contributed by atoms with van der Waals surface area (Å²) < 4.78 is 0. The molecule has 0 radical (unpaired) electrons. The van der Waals surface area contributed by atoms with Gasteiger partial charge in [0.15, 0.2) is 0 Å². The Morgan fingerprint density at radius 2 is 1.88 bits per heavy atom. The predicted molar refractivity (Wildman–Crippen MR) is 92.8 cm³/mol. The van der Waals surface area contributed by atoms with Crippen LogP contribution in [0.2, 0.25) is 0 Å². The normalized spacial score (nSPS) is 14.2. The molecule has 1 aliphatic rings. The van der Waals surface area contributed by atoms with Crippen LogP contribution in [0, 0.1) is 0 Å². The quantitative estimate of drug-likeness (QED) is 0.835. The number of carbonyl (C=O) groups is 3. The van der Waals surface area contributed by atoms with Crippen molar-refractivity contribution in [3.63, 3.8) is 0 Å². The lowest BCUT2D eigenvalue weighted by Gasteiger charge is -2.21. The average Bonchev–Trinajstić information content (AvgIpc) is 2.93. The Kier molecular flexibility index (Phi) is 5.92. The molecule has 1 saturated heterocycles. The highest BCUT2D eigenvalue weighted by Crippen LogP contribution is 2.29. The van der Waals surface area contributed by atoms with Gasteiger partial charge < -0.3 is 15.1 Å². The molecule has 0 aliphatic carbocycles. The number of anilines is 2. The molecule has 0 unspecified atom stereocenters. The number of hydrogen-bond donors (Lipinski definition) is 1. The second kappa shape index (κ2) is 7.92. The minimum Gasteiger partial charge on any atom is -0.348 e. The average molecular weight is 332 g/mol. The summed E-state index contributed by atoms with van der Waals surface area (Å²) in [5.41, 5.74) is 1.34. The van der Waals surface area contributed by atoms with E-state index in [1.54, 1.807) is 37.0 Å². The van der Waals surface area contributed by atoms with Crippen molar-refractivity contribution in [3.8, 4) is 0 Å². The lowest BCUT2D eigenvalue weighted by Crippen LogP contribution is -2.38. The van der Waals surface area contributed by atoms with Gasteiger partial charge in [0, 0.05) is 27.1 Å². The maximum Gasteiger partial charge on any atom is 0.238 e. The molecular weight excluding hydrogens is 308 g/mol. The first-order chi connectivity index (χ1) is 11.4. The number of rotatable bonds is 6. The molecule has 0 saturated carbocycles. The zero-order valence-corrected chi connectivity index (χ0v) is 14.4. The van der Waals surface area contributed by atoms with Gasteiger partial charge in [0.05, 0.1) is 24.5 Å². The van der Waals surface area contributed by atoms with E-state index in [0.29, 0.717) is 18.7 Å². The van der Waals surface area contributed by atoms with Gasteiger partial charge in [0.2, 0.25) is 17.7 Å². The number of amides is 3. The molecule has 1 aliphatic heterocycles. The number of benzene rings is 1. The highest BCUT2D eigenvalue weighted by molar-refractivity contribution is 6.02. The van der Waals surface area contributed by atoms with Crippen LogP contribution in [0.1, 0.15) is 12.8 Å². The molecule has 7 nitrogen and oxygen atoms in total. The number of carbonyl (C=O) groups excluding carboxylic acids is 3. The molecule has 130 valence electrons. The van der Waals surface area contributed by atoms with E-state index in [1.807, 2.05) is 18.2 Å². The first kappa shape index (κ1) is 17.9. The van der Waals surface area contributed by atoms with Crippen molar-refractivity contribution in [1.29, 1.82) is 0 Å². The smallest absolute Gasteiger partial charge is 0.238 e. The third kappa shape index (κ3) is 4.55. The van der Waals surface area contributed by atoms with Crippen molar-refractivity contribution in [1.82, 2.24) is 9.80 Å². The van der Waals surface area contributed by atoms with E-state index in [9.17, 15) is 14.4 Å². The molecule has 1 N–H and O–H groups in total. The fourth-order valence-electron chi connectivity index (χ4n) is 2.58. The third-order valence-corrected chi connectivity index (χ3v) is 3.86. The molecule has 7 heteroatoms. The summed E-state index contributed by atoms with van der Waals surface area (Å²) in [6.07, 6.45) is 1.37. The van der Waals surface area contributed by atoms with Gasteiger partial charge in [-0.05, 0) is 25.6 Å². The Labute approximate surface area is 142 Å². The first-order valence-corrected chi connectivity index (χ1v) is 7.96. The van der Waals surface area contributed by atoms with E-state index in [-0.39, 0.29) is 30.8 Å². The largest absolute Gasteiger partial charge is 0.348 e. The summed E-state index contributed by atoms with van der Waals surface area (Å²) in [5.74, 6) is -0.207. The van der Waals surface area contributed by atoms with Crippen molar-refractivity contribution in [3.05, 3.63) is 24.3 Å². The molecular formula is C17H24N4O3. The van der Waals surface area contributed by atoms with Crippen molar-refractivity contribution in [2.45, 2.75) is 12.8 Å². The van der Waals surface area contributed by atoms with Gasteiger partial charge in [-0.1, -0.05) is 12.1 Å². The third-order valence-electron chi connectivity index (χ3n) is 3.86. The van der Waals surface area contributed by atoms with Crippen LogP contribution < -0.4 is 10.2 Å². The van der Waals surface area contributed by atoms with E-state index >= 15 is 0 Å². The number of hydrogen-bond acceptors (Lipinski definition) is 4. The second-order valence-corrected chi connectivity index (χ2v) is 6.17. The summed E-state index contributed by atoms with van der Waals surface area (Å²) >= 11 is 0. The summed E-state index contributed by atoms with van der Waals surface area (Å²) in [4.78, 5) is 40.7. The first-order valence-electron chi connectivity index (χ1n) is 7.96. The van der Waals surface area contributed by atoms with Crippen LogP contribution in [0.5, 0.6) is 0 Å². The molecule has 0 spiro atoms. The van der Waals surface area contributed by atoms with Gasteiger partial charge in [0.25, 0.3) is 0 Å². The molecule has 1 aromatic rings. The van der Waals surface area contributed by atoms with Gasteiger partial charge >= 0.3 is 0 Å². The van der Waals surface area contributed by atoms with Gasteiger partial charge in [-0.3, -0.25) is 19.3 Å². The molecule has 1 fully saturated rings. The number of para-hydroxylation sites is 2. The maximum atomic E-state index is 12.2. The Hall–Kier alpha value is -2.41. The van der Waals surface area contributed by atoms with Crippen LogP contribution in [-0.2, 0) is 14.4 Å². The molecule has 2 rings (SSSR count). The van der Waals surface area contributed by atoms with E-state index in [4.69, 9.17) is 0 Å². The van der Waals surface area contributed by atoms with Gasteiger partial charge in [-0.15, -0.1) is 0 Å². The van der Waals surface area contributed by atoms with Gasteiger partial charge in [-0.2, -0.15) is 0 Å². The lowest BCUT2D eigenvalue weighted by molar-refractivity contribution is -0.130. The highest BCUT2D eigenvalue weighted by Gasteiger charge is 2.24. The molecule has 24 heavy (non-hydrogen) atoms. The fraction of sp³-hybridized carbons (Fsp3) is 0.471. The maximum absolute atomic E-state index is 12.2. The Morgan fingerprint density at radius 3 is 2.50 bits per heavy atom. The summed E-state index contributed by atoms with van der Waals surface area (Å²) in [5, 5.41) is 2.84. The standard InChI is InChI=1S/C17H24N4O3/c1-19(2)17(24)12-20(3)11-15(22)18-13-7-4-5-8-14(13)21-10-6-9-16(21)23/h4-5,7-8H,6,9-12H2,1-3H3,(H,18,22). The molecule has 3 amide bonds. The van der Waals surface area contributed by atoms with Crippen LogP contribution in [0.25, 0.3) is 0 Å². The SMILES string of the molecule is CN(CC(=O)Nc1ccccc1N1CCCC1=O)CC(=O)N(C)C. The number of nitrogens with zero attached hydrogens (tertiary/aromatic N) is 3. The van der Waals surface area contributed by atoms with Crippen LogP contribution in [0.4, 0.5) is 11.4 Å². The van der Waals surface area contributed by atoms with Crippen LogP contribution >= 0.6 is 0 Å². The minimum absolute atomic E-state index is 0.0617. The summed E-state index contributed by atoms with van der Waals surface area (Å²) in [6, 6.07) is 7.28. The minimum atomic E-state index is -0.219. The molecule has 0 bridgehead atoms. The summed E-state index contributed by atoms with van der Waals surface area (Å²) in [6.45, 7) is 0.942.